The number of halogens is 15. The summed E-state index contributed by atoms with van der Waals surface area (Å²) in [6, 6.07) is 12.0. The molecule has 70 heavy (non-hydrogen) atoms. The van der Waals surface area contributed by atoms with Crippen molar-refractivity contribution in [2.75, 3.05) is 11.1 Å². The number of rotatable bonds is 4. The Bertz CT molecular complexity index is 2880. The number of nitrogen functional groups attached to an aromatic ring is 1. The summed E-state index contributed by atoms with van der Waals surface area (Å²) in [5.41, 5.74) is 4.17. The molecule has 29 heteroatoms. The lowest BCUT2D eigenvalue weighted by molar-refractivity contribution is -0.141. The number of imidazole rings is 3. The average molecular weight is 1060 g/mol. The van der Waals surface area contributed by atoms with E-state index in [-0.39, 0.29) is 40.1 Å². The smallest absolute Gasteiger partial charge is 0.399 e. The molecule has 0 radical (unpaired) electrons. The van der Waals surface area contributed by atoms with Crippen molar-refractivity contribution in [2.45, 2.75) is 52.4 Å². The summed E-state index contributed by atoms with van der Waals surface area (Å²) < 4.78 is 151. The van der Waals surface area contributed by atoms with E-state index in [0.717, 1.165) is 41.0 Å². The predicted molar refractivity (Wildman–Crippen MR) is 233 cm³/mol. The number of H-pyrrole nitrogens is 1. The molecule has 8 aromatic rings. The van der Waals surface area contributed by atoms with Crippen molar-refractivity contribution in [1.29, 1.82) is 0 Å². The van der Waals surface area contributed by atoms with E-state index in [1.807, 2.05) is 31.2 Å². The van der Waals surface area contributed by atoms with Crippen LogP contribution in [-0.4, -0.2) is 59.0 Å². The zero-order chi connectivity index (χ0) is 52.2. The average Bonchev–Trinajstić information content (AvgIpc) is 4.01. The lowest BCUT2D eigenvalue weighted by Crippen LogP contribution is -2.05. The van der Waals surface area contributed by atoms with Crippen LogP contribution in [0, 0.1) is 27.7 Å². The van der Waals surface area contributed by atoms with E-state index in [2.05, 4.69) is 55.2 Å². The largest absolute Gasteiger partial charge is 0.434 e. The third-order valence-corrected chi connectivity index (χ3v) is 8.75. The van der Waals surface area contributed by atoms with Crippen molar-refractivity contribution in [3.05, 3.63) is 165 Å². The fraction of sp³-hybridized carbons (Fsp3) is 0.195. The molecule has 2 aromatic carbocycles. The van der Waals surface area contributed by atoms with Gasteiger partial charge in [0.1, 0.15) is 38.6 Å². The van der Waals surface area contributed by atoms with Crippen molar-refractivity contribution in [1.82, 2.24) is 59.0 Å². The number of hydrogen-bond acceptors (Lipinski definition) is 11. The van der Waals surface area contributed by atoms with Crippen molar-refractivity contribution >= 4 is 52.0 Å². The van der Waals surface area contributed by atoms with Gasteiger partial charge in [-0.25, -0.2) is 29.9 Å². The second-order valence-corrected chi connectivity index (χ2v) is 14.9. The number of aromatic nitrogens is 12. The molecule has 0 fully saturated rings. The SMILES string of the molecule is Cc1ccc(N)cc1.Cc1nc(C(F)(F)F)cn1-c1cncc(Cl)n1.Cc1nc(C(F)(F)F)cn1-c1cncc(Nc2ccc(C(F)(F)F)cc2)n1.Cc1ncc(C(F)(F)F)[nH]1.Clc1cncc(Cl)n1. The number of alkyl halides is 12. The molecule has 8 rings (SSSR count). The molecule has 6 aromatic heterocycles. The highest BCUT2D eigenvalue weighted by Crippen LogP contribution is 2.32. The molecule has 0 saturated carbocycles. The minimum absolute atomic E-state index is 0.0586. The van der Waals surface area contributed by atoms with E-state index in [4.69, 9.17) is 40.5 Å². The van der Waals surface area contributed by atoms with Gasteiger partial charge in [0.2, 0.25) is 0 Å². The fourth-order valence-electron chi connectivity index (χ4n) is 5.00. The van der Waals surface area contributed by atoms with E-state index in [9.17, 15) is 52.7 Å². The summed E-state index contributed by atoms with van der Waals surface area (Å²) in [5.74, 6) is 0.906. The van der Waals surface area contributed by atoms with Crippen LogP contribution in [0.15, 0.2) is 104 Å². The summed E-state index contributed by atoms with van der Waals surface area (Å²) in [4.78, 5) is 35.3. The standard InChI is InChI=1S/C16H11F6N5.C9H6ClF3N4.C7H9N.C5H5F3N2.C4H2Cl2N2/c1-9-24-12(16(20,21)22)8-27(9)14-7-23-6-13(26-14)25-11-4-2-10(3-5-11)15(17,18)19;1-5-15-6(9(11,12)13)4-17(5)8-3-14-2-7(10)16-8;1-6-2-4-7(8)5-3-6;1-3-9-2-4(10-3)5(6,7)8;5-3-1-7-2-4(6)8-3/h2-8H,1H3,(H,25,26);2-4H,1H3;2-5H,8H2,1H3;2H,1H3,(H,9,10);1-2H. The molecule has 0 aliphatic rings. The Labute approximate surface area is 403 Å². The molecular formula is C41H33Cl3F12N14. The Kier molecular flexibility index (Phi) is 18.6. The van der Waals surface area contributed by atoms with Crippen LogP contribution < -0.4 is 11.1 Å². The van der Waals surface area contributed by atoms with Crippen LogP contribution in [0.25, 0.3) is 11.6 Å². The third-order valence-electron chi connectivity index (χ3n) is 8.20. The van der Waals surface area contributed by atoms with Gasteiger partial charge in [-0.1, -0.05) is 52.5 Å². The van der Waals surface area contributed by atoms with Crippen molar-refractivity contribution in [3.63, 3.8) is 0 Å². The van der Waals surface area contributed by atoms with Crippen LogP contribution in [0.1, 0.15) is 45.7 Å². The number of anilines is 3. The molecule has 0 aliphatic heterocycles. The summed E-state index contributed by atoms with van der Waals surface area (Å²) >= 11 is 16.4. The van der Waals surface area contributed by atoms with Gasteiger partial charge in [-0.2, -0.15) is 52.7 Å². The number of nitrogens with one attached hydrogen (secondary N) is 2. The number of hydrogen-bond donors (Lipinski definition) is 3. The maximum Gasteiger partial charge on any atom is 0.434 e. The molecule has 372 valence electrons. The zero-order valence-electron chi connectivity index (χ0n) is 36.0. The van der Waals surface area contributed by atoms with E-state index >= 15 is 0 Å². The van der Waals surface area contributed by atoms with Gasteiger partial charge in [0, 0.05) is 23.8 Å². The van der Waals surface area contributed by atoms with Crippen LogP contribution in [0.3, 0.4) is 0 Å². The molecule has 0 aliphatic carbocycles. The first-order valence-corrected chi connectivity index (χ1v) is 20.2. The van der Waals surface area contributed by atoms with Gasteiger partial charge in [0.25, 0.3) is 0 Å². The van der Waals surface area contributed by atoms with E-state index < -0.39 is 47.4 Å². The molecule has 0 unspecified atom stereocenters. The minimum atomic E-state index is -4.60. The van der Waals surface area contributed by atoms with Crippen LogP contribution in [0.5, 0.6) is 0 Å². The summed E-state index contributed by atoms with van der Waals surface area (Å²) in [5, 5.41) is 3.49. The molecule has 0 spiro atoms. The first-order valence-electron chi connectivity index (χ1n) is 19.0. The second-order valence-electron chi connectivity index (χ2n) is 13.7. The molecule has 0 amide bonds. The highest BCUT2D eigenvalue weighted by Gasteiger charge is 2.36. The topological polar surface area (TPSA) is 180 Å². The maximum atomic E-state index is 12.8. The Balaban J connectivity index is 0.000000210. The summed E-state index contributed by atoms with van der Waals surface area (Å²) in [7, 11) is 0. The van der Waals surface area contributed by atoms with Gasteiger partial charge < -0.3 is 16.0 Å². The van der Waals surface area contributed by atoms with Gasteiger partial charge in [-0.15, -0.1) is 0 Å². The van der Waals surface area contributed by atoms with Gasteiger partial charge in [0.05, 0.1) is 48.9 Å². The molecular weight excluding hydrogens is 1020 g/mol. The Hall–Kier alpha value is -7.06. The van der Waals surface area contributed by atoms with Gasteiger partial charge in [-0.3, -0.25) is 24.1 Å². The van der Waals surface area contributed by atoms with Crippen LogP contribution in [0.4, 0.5) is 69.9 Å². The number of aromatic amines is 1. The molecule has 0 atom stereocenters. The van der Waals surface area contributed by atoms with Crippen LogP contribution in [-0.2, 0) is 24.7 Å². The minimum Gasteiger partial charge on any atom is -0.399 e. The molecule has 6 heterocycles. The molecule has 14 nitrogen and oxygen atoms in total. The Morgan fingerprint density at radius 2 is 0.971 bits per heavy atom. The highest BCUT2D eigenvalue weighted by molar-refractivity contribution is 6.32. The van der Waals surface area contributed by atoms with Gasteiger partial charge >= 0.3 is 24.7 Å². The van der Waals surface area contributed by atoms with Crippen LogP contribution in [0.2, 0.25) is 15.5 Å². The van der Waals surface area contributed by atoms with Gasteiger partial charge in [0.15, 0.2) is 28.8 Å². The number of benzene rings is 2. The first-order chi connectivity index (χ1) is 32.5. The van der Waals surface area contributed by atoms with Crippen molar-refractivity contribution in [2.24, 2.45) is 0 Å². The summed E-state index contributed by atoms with van der Waals surface area (Å²) in [6.07, 6.45) is -7.43. The number of aryl methyl sites for hydroxylation is 4. The zero-order valence-corrected chi connectivity index (χ0v) is 38.2. The Morgan fingerprint density at radius 1 is 0.514 bits per heavy atom. The lowest BCUT2D eigenvalue weighted by atomic mass is 10.2. The molecule has 0 bridgehead atoms. The number of nitrogens with two attached hydrogens (primary N) is 1. The van der Waals surface area contributed by atoms with E-state index in [1.54, 1.807) is 0 Å². The van der Waals surface area contributed by atoms with Crippen molar-refractivity contribution < 1.29 is 52.7 Å². The number of nitrogens with zero attached hydrogens (tertiary/aromatic N) is 11. The van der Waals surface area contributed by atoms with Gasteiger partial charge in [-0.05, 0) is 64.1 Å². The third kappa shape index (κ3) is 17.5. The molecule has 0 saturated heterocycles. The Morgan fingerprint density at radius 3 is 1.33 bits per heavy atom. The maximum absolute atomic E-state index is 12.8. The fourth-order valence-corrected chi connectivity index (χ4v) is 5.49. The quantitative estimate of drug-likeness (QED) is 0.113. The predicted octanol–water partition coefficient (Wildman–Crippen LogP) is 12.5. The lowest BCUT2D eigenvalue weighted by Gasteiger charge is -2.10. The van der Waals surface area contributed by atoms with Crippen LogP contribution >= 0.6 is 34.8 Å². The monoisotopic (exact) mass is 1050 g/mol. The molecule has 4 N–H and O–H groups in total. The summed E-state index contributed by atoms with van der Waals surface area (Å²) in [6.45, 7) is 6.33. The first kappa shape index (κ1) is 55.5. The normalized spacial score (nSPS) is 11.4. The highest BCUT2D eigenvalue weighted by atomic mass is 35.5. The van der Waals surface area contributed by atoms with E-state index in [0.29, 0.717) is 16.0 Å². The van der Waals surface area contributed by atoms with E-state index in [1.165, 1.54) is 80.2 Å². The van der Waals surface area contributed by atoms with Crippen molar-refractivity contribution in [3.8, 4) is 11.6 Å². The second kappa shape index (κ2) is 23.5.